The standard InChI is InChI=1S/C16H29NO3/c1-13(2)14-5-3-8-17(9-6-14)11-16(15(18)19)7-4-10-20-12-16/h13-14H,3-12H2,1-2H3,(H,18,19). The van der Waals surface area contributed by atoms with Crippen LogP contribution < -0.4 is 0 Å². The van der Waals surface area contributed by atoms with E-state index in [1.807, 2.05) is 0 Å². The maximum Gasteiger partial charge on any atom is 0.313 e. The number of likely N-dealkylation sites (tertiary alicyclic amines) is 1. The fourth-order valence-corrected chi connectivity index (χ4v) is 3.65. The van der Waals surface area contributed by atoms with Crippen LogP contribution in [0.4, 0.5) is 0 Å². The Morgan fingerprint density at radius 2 is 2.15 bits per heavy atom. The van der Waals surface area contributed by atoms with E-state index in [0.717, 1.165) is 37.8 Å². The minimum Gasteiger partial charge on any atom is -0.481 e. The van der Waals surface area contributed by atoms with Gasteiger partial charge in [0.2, 0.25) is 0 Å². The van der Waals surface area contributed by atoms with Crippen molar-refractivity contribution in [2.75, 3.05) is 32.8 Å². The third kappa shape index (κ3) is 3.73. The molecule has 4 heteroatoms. The molecule has 4 nitrogen and oxygen atoms in total. The van der Waals surface area contributed by atoms with Crippen molar-refractivity contribution in [2.24, 2.45) is 17.3 Å². The zero-order valence-electron chi connectivity index (χ0n) is 12.9. The van der Waals surface area contributed by atoms with Crippen molar-refractivity contribution in [1.82, 2.24) is 4.90 Å². The van der Waals surface area contributed by atoms with Gasteiger partial charge in [-0.3, -0.25) is 4.79 Å². The van der Waals surface area contributed by atoms with Gasteiger partial charge in [0.15, 0.2) is 0 Å². The van der Waals surface area contributed by atoms with Crippen LogP contribution in [0.25, 0.3) is 0 Å². The molecular formula is C16H29NO3. The zero-order valence-corrected chi connectivity index (χ0v) is 12.9. The molecule has 0 amide bonds. The Balaban J connectivity index is 1.95. The number of carbonyl (C=O) groups is 1. The third-order valence-electron chi connectivity index (χ3n) is 5.11. The monoisotopic (exact) mass is 283 g/mol. The fourth-order valence-electron chi connectivity index (χ4n) is 3.65. The molecular weight excluding hydrogens is 254 g/mol. The molecule has 2 atom stereocenters. The number of carboxylic acids is 1. The largest absolute Gasteiger partial charge is 0.481 e. The zero-order chi connectivity index (χ0) is 14.6. The molecule has 2 fully saturated rings. The van der Waals surface area contributed by atoms with Crippen LogP contribution in [0.3, 0.4) is 0 Å². The van der Waals surface area contributed by atoms with Crippen LogP contribution in [-0.2, 0) is 9.53 Å². The van der Waals surface area contributed by atoms with E-state index in [1.54, 1.807) is 0 Å². The number of carboxylic acid groups (broad SMARTS) is 1. The highest BCUT2D eigenvalue weighted by atomic mass is 16.5. The predicted molar refractivity (Wildman–Crippen MR) is 78.7 cm³/mol. The van der Waals surface area contributed by atoms with E-state index in [1.165, 1.54) is 19.3 Å². The molecule has 2 aliphatic heterocycles. The molecule has 2 rings (SSSR count). The average molecular weight is 283 g/mol. The summed E-state index contributed by atoms with van der Waals surface area (Å²) in [6, 6.07) is 0. The van der Waals surface area contributed by atoms with E-state index in [4.69, 9.17) is 4.74 Å². The molecule has 1 N–H and O–H groups in total. The lowest BCUT2D eigenvalue weighted by Gasteiger charge is -2.37. The molecule has 20 heavy (non-hydrogen) atoms. The van der Waals surface area contributed by atoms with Gasteiger partial charge >= 0.3 is 5.97 Å². The molecule has 0 aromatic carbocycles. The van der Waals surface area contributed by atoms with Crippen LogP contribution in [0.1, 0.15) is 46.0 Å². The molecule has 0 spiro atoms. The number of ether oxygens (including phenoxy) is 1. The van der Waals surface area contributed by atoms with Gasteiger partial charge in [-0.25, -0.2) is 0 Å². The number of hydrogen-bond acceptors (Lipinski definition) is 3. The minimum absolute atomic E-state index is 0.381. The molecule has 2 heterocycles. The van der Waals surface area contributed by atoms with Crippen molar-refractivity contribution in [1.29, 1.82) is 0 Å². The summed E-state index contributed by atoms with van der Waals surface area (Å²) in [7, 11) is 0. The first-order valence-electron chi connectivity index (χ1n) is 8.07. The molecule has 0 radical (unpaired) electrons. The van der Waals surface area contributed by atoms with Crippen molar-refractivity contribution in [3.63, 3.8) is 0 Å². The first-order chi connectivity index (χ1) is 9.53. The summed E-state index contributed by atoms with van der Waals surface area (Å²) >= 11 is 0. The quantitative estimate of drug-likeness (QED) is 0.861. The summed E-state index contributed by atoms with van der Waals surface area (Å²) < 4.78 is 5.47. The van der Waals surface area contributed by atoms with E-state index in [0.29, 0.717) is 19.8 Å². The lowest BCUT2D eigenvalue weighted by Crippen LogP contribution is -2.48. The van der Waals surface area contributed by atoms with E-state index in [2.05, 4.69) is 18.7 Å². The van der Waals surface area contributed by atoms with Gasteiger partial charge < -0.3 is 14.7 Å². The summed E-state index contributed by atoms with van der Waals surface area (Å²) in [6.45, 7) is 8.43. The van der Waals surface area contributed by atoms with Crippen LogP contribution in [0.15, 0.2) is 0 Å². The Morgan fingerprint density at radius 3 is 2.75 bits per heavy atom. The molecule has 0 aromatic rings. The first-order valence-corrected chi connectivity index (χ1v) is 8.07. The number of aliphatic carboxylic acids is 1. The van der Waals surface area contributed by atoms with Gasteiger partial charge in [-0.15, -0.1) is 0 Å². The number of nitrogens with zero attached hydrogens (tertiary/aromatic N) is 1. The number of hydrogen-bond donors (Lipinski definition) is 1. The predicted octanol–water partition coefficient (Wildman–Crippen LogP) is 2.63. The smallest absolute Gasteiger partial charge is 0.313 e. The topological polar surface area (TPSA) is 49.8 Å². The molecule has 2 unspecified atom stereocenters. The average Bonchev–Trinajstić information content (AvgIpc) is 2.65. The van der Waals surface area contributed by atoms with Gasteiger partial charge in [0.25, 0.3) is 0 Å². The molecule has 2 aliphatic rings. The minimum atomic E-state index is -0.679. The maximum atomic E-state index is 11.7. The van der Waals surface area contributed by atoms with Gasteiger partial charge in [0.05, 0.1) is 6.61 Å². The second-order valence-corrected chi connectivity index (χ2v) is 6.95. The highest BCUT2D eigenvalue weighted by molar-refractivity contribution is 5.75. The van der Waals surface area contributed by atoms with Gasteiger partial charge in [-0.05, 0) is 57.0 Å². The van der Waals surface area contributed by atoms with Crippen LogP contribution in [0.5, 0.6) is 0 Å². The van der Waals surface area contributed by atoms with Crippen LogP contribution in [-0.4, -0.2) is 48.8 Å². The van der Waals surface area contributed by atoms with Crippen LogP contribution in [0, 0.1) is 17.3 Å². The molecule has 2 saturated heterocycles. The van der Waals surface area contributed by atoms with Gasteiger partial charge in [0, 0.05) is 13.2 Å². The van der Waals surface area contributed by atoms with E-state index in [9.17, 15) is 9.90 Å². The fraction of sp³-hybridized carbons (Fsp3) is 0.938. The first kappa shape index (κ1) is 15.8. The molecule has 0 saturated carbocycles. The Hall–Kier alpha value is -0.610. The second kappa shape index (κ2) is 6.90. The van der Waals surface area contributed by atoms with Crippen molar-refractivity contribution >= 4 is 5.97 Å². The SMILES string of the molecule is CC(C)C1CCCN(CC2(C(=O)O)CCCOC2)CC1. The Kier molecular flexibility index (Phi) is 5.44. The Labute approximate surface area is 122 Å². The Bertz CT molecular complexity index is 324. The summed E-state index contributed by atoms with van der Waals surface area (Å²) in [4.78, 5) is 14.1. The van der Waals surface area contributed by atoms with E-state index >= 15 is 0 Å². The molecule has 0 bridgehead atoms. The molecule has 116 valence electrons. The van der Waals surface area contributed by atoms with Crippen LogP contribution in [0.2, 0.25) is 0 Å². The van der Waals surface area contributed by atoms with Crippen molar-refractivity contribution in [2.45, 2.75) is 46.0 Å². The van der Waals surface area contributed by atoms with Crippen molar-refractivity contribution < 1.29 is 14.6 Å². The lowest BCUT2D eigenvalue weighted by molar-refractivity contribution is -0.159. The van der Waals surface area contributed by atoms with E-state index < -0.39 is 11.4 Å². The molecule has 0 aromatic heterocycles. The third-order valence-corrected chi connectivity index (χ3v) is 5.11. The van der Waals surface area contributed by atoms with Gasteiger partial charge in [-0.2, -0.15) is 0 Å². The number of rotatable bonds is 4. The summed E-state index contributed by atoms with van der Waals surface area (Å²) in [5.41, 5.74) is -0.671. The van der Waals surface area contributed by atoms with Crippen molar-refractivity contribution in [3.8, 4) is 0 Å². The van der Waals surface area contributed by atoms with E-state index in [-0.39, 0.29) is 0 Å². The van der Waals surface area contributed by atoms with Crippen molar-refractivity contribution in [3.05, 3.63) is 0 Å². The lowest BCUT2D eigenvalue weighted by atomic mass is 9.82. The molecule has 0 aliphatic carbocycles. The van der Waals surface area contributed by atoms with Gasteiger partial charge in [0.1, 0.15) is 5.41 Å². The Morgan fingerprint density at radius 1 is 1.35 bits per heavy atom. The normalized spacial score (nSPS) is 33.0. The van der Waals surface area contributed by atoms with Gasteiger partial charge in [-0.1, -0.05) is 13.8 Å². The summed E-state index contributed by atoms with van der Waals surface area (Å²) in [5.74, 6) is 0.853. The summed E-state index contributed by atoms with van der Waals surface area (Å²) in [6.07, 6.45) is 5.31. The summed E-state index contributed by atoms with van der Waals surface area (Å²) in [5, 5.41) is 9.62. The highest BCUT2D eigenvalue weighted by Crippen LogP contribution is 2.32. The highest BCUT2D eigenvalue weighted by Gasteiger charge is 2.42. The van der Waals surface area contributed by atoms with Crippen LogP contribution >= 0.6 is 0 Å². The second-order valence-electron chi connectivity index (χ2n) is 6.95. The maximum absolute atomic E-state index is 11.7.